The number of carboxylic acids is 1. The number of hydrogen-bond acceptors (Lipinski definition) is 5. The lowest BCUT2D eigenvalue weighted by atomic mass is 9.80. The van der Waals surface area contributed by atoms with Gasteiger partial charge in [-0.3, -0.25) is 14.4 Å². The number of hydrogen-bond donors (Lipinski definition) is 1. The lowest BCUT2D eigenvalue weighted by molar-refractivity contribution is -0.139. The van der Waals surface area contributed by atoms with Crippen LogP contribution in [0.4, 0.5) is 0 Å². The molecule has 1 N–H and O–H groups in total. The Morgan fingerprint density at radius 1 is 1.06 bits per heavy atom. The number of rotatable bonds is 6. The van der Waals surface area contributed by atoms with Crippen LogP contribution in [0.25, 0.3) is 0 Å². The summed E-state index contributed by atoms with van der Waals surface area (Å²) in [5, 5.41) is 9.42. The Hall–Kier alpha value is -2.87. The number of amides is 1. The lowest BCUT2D eigenvalue weighted by Gasteiger charge is -2.44. The van der Waals surface area contributed by atoms with Crippen molar-refractivity contribution < 1.29 is 19.1 Å². The predicted octanol–water partition coefficient (Wildman–Crippen LogP) is 2.50. The third-order valence-electron chi connectivity index (χ3n) is 7.72. The van der Waals surface area contributed by atoms with E-state index in [9.17, 15) is 19.5 Å². The van der Waals surface area contributed by atoms with Crippen LogP contribution in [0.2, 0.25) is 0 Å². The molecule has 1 amide bonds. The number of pyridine rings is 1. The van der Waals surface area contributed by atoms with E-state index in [1.165, 1.54) is 6.26 Å². The van der Waals surface area contributed by atoms with Gasteiger partial charge in [-0.25, -0.2) is 0 Å². The molecule has 8 heteroatoms. The number of furan rings is 1. The van der Waals surface area contributed by atoms with Crippen molar-refractivity contribution >= 4 is 11.9 Å². The highest BCUT2D eigenvalue weighted by Crippen LogP contribution is 2.36. The molecule has 2 fully saturated rings. The molecule has 5 rings (SSSR count). The van der Waals surface area contributed by atoms with Gasteiger partial charge in [-0.05, 0) is 61.8 Å². The summed E-state index contributed by atoms with van der Waals surface area (Å²) in [5.74, 6) is 0.498. The van der Waals surface area contributed by atoms with Crippen molar-refractivity contribution in [1.29, 1.82) is 0 Å². The minimum Gasteiger partial charge on any atom is -0.481 e. The Morgan fingerprint density at radius 3 is 2.73 bits per heavy atom. The molecule has 4 unspecified atom stereocenters. The normalized spacial score (nSPS) is 27.2. The highest BCUT2D eigenvalue weighted by molar-refractivity contribution is 5.91. The Kier molecular flexibility index (Phi) is 6.10. The average Bonchev–Trinajstić information content (AvgIpc) is 3.33. The van der Waals surface area contributed by atoms with Crippen LogP contribution in [0.5, 0.6) is 0 Å². The van der Waals surface area contributed by atoms with Crippen molar-refractivity contribution in [3.05, 3.63) is 58.4 Å². The van der Waals surface area contributed by atoms with Crippen LogP contribution in [-0.2, 0) is 11.3 Å². The second-order valence-corrected chi connectivity index (χ2v) is 9.88. The van der Waals surface area contributed by atoms with E-state index in [0.29, 0.717) is 37.1 Å². The van der Waals surface area contributed by atoms with Gasteiger partial charge in [0.2, 0.25) is 0 Å². The number of fused-ring (bicyclic) bond motifs is 4. The fourth-order valence-electron chi connectivity index (χ4n) is 6.17. The molecule has 0 spiro atoms. The van der Waals surface area contributed by atoms with Crippen molar-refractivity contribution in [2.75, 3.05) is 32.7 Å². The van der Waals surface area contributed by atoms with Gasteiger partial charge in [0.15, 0.2) is 5.76 Å². The molecule has 2 saturated heterocycles. The van der Waals surface area contributed by atoms with Crippen molar-refractivity contribution in [3.63, 3.8) is 0 Å². The van der Waals surface area contributed by atoms with E-state index in [0.717, 1.165) is 44.7 Å². The lowest BCUT2D eigenvalue weighted by Crippen LogP contribution is -2.49. The van der Waals surface area contributed by atoms with E-state index in [1.54, 1.807) is 18.2 Å². The molecule has 0 saturated carbocycles. The first-order chi connectivity index (χ1) is 16.0. The number of aromatic nitrogens is 1. The molecule has 3 aliphatic heterocycles. The second kappa shape index (κ2) is 9.17. The molecule has 2 aromatic rings. The van der Waals surface area contributed by atoms with Gasteiger partial charge in [0.25, 0.3) is 11.5 Å². The Balaban J connectivity index is 1.25. The van der Waals surface area contributed by atoms with Gasteiger partial charge in [0.1, 0.15) is 0 Å². The molecule has 4 atom stereocenters. The third-order valence-corrected chi connectivity index (χ3v) is 7.72. The summed E-state index contributed by atoms with van der Waals surface area (Å²) in [6.07, 6.45) is 4.33. The standard InChI is InChI=1S/C25H31N3O5/c29-23-5-1-3-21-20-11-17(14-28(21)23)13-26(15-20)8-6-19-16-27(9-7-18(19)12-24(30)31)25(32)22-4-2-10-33-22/h1-5,10,17-20H,6-9,11-16H2,(H,30,31). The first-order valence-electron chi connectivity index (χ1n) is 11.9. The first kappa shape index (κ1) is 21.9. The van der Waals surface area contributed by atoms with E-state index in [4.69, 9.17) is 4.42 Å². The van der Waals surface area contributed by atoms with Gasteiger partial charge in [0, 0.05) is 56.8 Å². The van der Waals surface area contributed by atoms with Crippen molar-refractivity contribution in [2.45, 2.75) is 38.1 Å². The summed E-state index contributed by atoms with van der Waals surface area (Å²) in [4.78, 5) is 40.8. The summed E-state index contributed by atoms with van der Waals surface area (Å²) < 4.78 is 7.23. The summed E-state index contributed by atoms with van der Waals surface area (Å²) in [6.45, 7) is 4.67. The highest BCUT2D eigenvalue weighted by Gasteiger charge is 2.37. The molecule has 2 aromatic heterocycles. The smallest absolute Gasteiger partial charge is 0.303 e. The quantitative estimate of drug-likeness (QED) is 0.722. The molecular weight excluding hydrogens is 422 g/mol. The van der Waals surface area contributed by atoms with Gasteiger partial charge in [-0.2, -0.15) is 0 Å². The minimum absolute atomic E-state index is 0.0757. The van der Waals surface area contributed by atoms with Crippen LogP contribution in [0.1, 0.15) is 47.8 Å². The predicted molar refractivity (Wildman–Crippen MR) is 121 cm³/mol. The average molecular weight is 454 g/mol. The number of carbonyl (C=O) groups is 2. The van der Waals surface area contributed by atoms with Gasteiger partial charge in [0.05, 0.1) is 6.26 Å². The number of piperidine rings is 2. The molecule has 2 bridgehead atoms. The monoisotopic (exact) mass is 453 g/mol. The van der Waals surface area contributed by atoms with E-state index in [2.05, 4.69) is 11.0 Å². The molecule has 33 heavy (non-hydrogen) atoms. The van der Waals surface area contributed by atoms with Gasteiger partial charge in [-0.1, -0.05) is 6.07 Å². The van der Waals surface area contributed by atoms with Gasteiger partial charge >= 0.3 is 5.97 Å². The molecule has 0 radical (unpaired) electrons. The van der Waals surface area contributed by atoms with Crippen LogP contribution >= 0.6 is 0 Å². The molecule has 0 aromatic carbocycles. The second-order valence-electron chi connectivity index (χ2n) is 9.88. The van der Waals surface area contributed by atoms with Crippen LogP contribution in [0, 0.1) is 17.8 Å². The zero-order chi connectivity index (χ0) is 22.9. The molecule has 0 aliphatic carbocycles. The maximum atomic E-state index is 12.8. The molecular formula is C25H31N3O5. The largest absolute Gasteiger partial charge is 0.481 e. The fourth-order valence-corrected chi connectivity index (χ4v) is 6.17. The SMILES string of the molecule is O=C(O)CC1CCN(C(=O)c2ccco2)CC1CCN1CC2CC(C1)c1cccc(=O)n1C2. The van der Waals surface area contributed by atoms with Crippen molar-refractivity contribution in [2.24, 2.45) is 17.8 Å². The first-order valence-corrected chi connectivity index (χ1v) is 11.9. The number of aliphatic carboxylic acids is 1. The maximum absolute atomic E-state index is 12.8. The van der Waals surface area contributed by atoms with Gasteiger partial charge in [-0.15, -0.1) is 0 Å². The zero-order valence-corrected chi connectivity index (χ0v) is 18.8. The summed E-state index contributed by atoms with van der Waals surface area (Å²) in [7, 11) is 0. The van der Waals surface area contributed by atoms with Crippen LogP contribution in [0.3, 0.4) is 0 Å². The number of carbonyl (C=O) groups excluding carboxylic acids is 1. The van der Waals surface area contributed by atoms with E-state index in [-0.39, 0.29) is 29.7 Å². The third kappa shape index (κ3) is 4.62. The maximum Gasteiger partial charge on any atom is 0.303 e. The molecule has 5 heterocycles. The number of carboxylic acid groups (broad SMARTS) is 1. The number of likely N-dealkylation sites (tertiary alicyclic amines) is 2. The summed E-state index contributed by atoms with van der Waals surface area (Å²) in [6, 6.07) is 8.96. The molecule has 3 aliphatic rings. The minimum atomic E-state index is -0.773. The van der Waals surface area contributed by atoms with E-state index in [1.807, 2.05) is 15.5 Å². The fraction of sp³-hybridized carbons (Fsp3) is 0.560. The molecule has 176 valence electrons. The zero-order valence-electron chi connectivity index (χ0n) is 18.8. The molecule has 8 nitrogen and oxygen atoms in total. The van der Waals surface area contributed by atoms with Crippen LogP contribution in [0.15, 0.2) is 45.8 Å². The van der Waals surface area contributed by atoms with Crippen molar-refractivity contribution in [1.82, 2.24) is 14.4 Å². The highest BCUT2D eigenvalue weighted by atomic mass is 16.4. The Morgan fingerprint density at radius 2 is 1.94 bits per heavy atom. The van der Waals surface area contributed by atoms with E-state index >= 15 is 0 Å². The summed E-state index contributed by atoms with van der Waals surface area (Å²) in [5.41, 5.74) is 1.23. The summed E-state index contributed by atoms with van der Waals surface area (Å²) >= 11 is 0. The van der Waals surface area contributed by atoms with E-state index < -0.39 is 5.97 Å². The van der Waals surface area contributed by atoms with Crippen molar-refractivity contribution in [3.8, 4) is 0 Å². The Bertz CT molecular complexity index is 1060. The van der Waals surface area contributed by atoms with Gasteiger partial charge < -0.3 is 23.9 Å². The van der Waals surface area contributed by atoms with Crippen LogP contribution in [-0.4, -0.2) is 64.1 Å². The Labute approximate surface area is 192 Å². The van der Waals surface area contributed by atoms with Crippen LogP contribution < -0.4 is 5.56 Å². The number of nitrogens with zero attached hydrogens (tertiary/aromatic N) is 3. The topological polar surface area (TPSA) is 96.0 Å².